The lowest BCUT2D eigenvalue weighted by Crippen LogP contribution is -2.42. The average Bonchev–Trinajstić information content (AvgIpc) is 3.35. The maximum absolute atomic E-state index is 14.7. The first-order valence-corrected chi connectivity index (χ1v) is 11.5. The van der Waals surface area contributed by atoms with Crippen molar-refractivity contribution in [2.45, 2.75) is 26.3 Å². The average molecular weight is 484 g/mol. The summed E-state index contributed by atoms with van der Waals surface area (Å²) >= 11 is 0. The summed E-state index contributed by atoms with van der Waals surface area (Å²) in [5.41, 5.74) is 4.82. The summed E-state index contributed by atoms with van der Waals surface area (Å²) < 4.78 is 20.3. The Bertz CT molecular complexity index is 1400. The summed E-state index contributed by atoms with van der Waals surface area (Å²) in [5.74, 6) is -1.85. The van der Waals surface area contributed by atoms with Crippen LogP contribution in [0.1, 0.15) is 38.4 Å². The largest absolute Gasteiger partial charge is 0.480 e. The molecule has 4 aromatic rings. The number of nitrogens with one attached hydrogen (secondary N) is 1. The third-order valence-corrected chi connectivity index (χ3v) is 5.81. The molecule has 0 aliphatic heterocycles. The number of hydrogen-bond donors (Lipinski definition) is 2. The SMILES string of the molecule is Cc1ccc(/C=C/c2ccc(CC(NC(=O)c3ccc(-c4ccc(C)cc4)o3)C(=O)O)cc2F)cc1. The monoisotopic (exact) mass is 483 g/mol. The van der Waals surface area contributed by atoms with Crippen molar-refractivity contribution < 1.29 is 23.5 Å². The number of benzene rings is 3. The van der Waals surface area contributed by atoms with E-state index in [9.17, 15) is 19.1 Å². The highest BCUT2D eigenvalue weighted by Gasteiger charge is 2.23. The van der Waals surface area contributed by atoms with Gasteiger partial charge in [0, 0.05) is 17.5 Å². The molecular weight excluding hydrogens is 457 g/mol. The molecule has 1 atom stereocenters. The van der Waals surface area contributed by atoms with Gasteiger partial charge in [-0.2, -0.15) is 0 Å². The molecule has 0 saturated carbocycles. The van der Waals surface area contributed by atoms with Crippen LogP contribution in [-0.4, -0.2) is 23.0 Å². The maximum Gasteiger partial charge on any atom is 0.326 e. The predicted molar refractivity (Wildman–Crippen MR) is 138 cm³/mol. The number of hydrogen-bond acceptors (Lipinski definition) is 3. The summed E-state index contributed by atoms with van der Waals surface area (Å²) in [6.07, 6.45) is 3.40. The zero-order chi connectivity index (χ0) is 25.7. The molecule has 182 valence electrons. The number of amides is 1. The van der Waals surface area contributed by atoms with Crippen LogP contribution in [0.4, 0.5) is 4.39 Å². The van der Waals surface area contributed by atoms with Gasteiger partial charge in [-0.3, -0.25) is 4.79 Å². The van der Waals surface area contributed by atoms with E-state index in [-0.39, 0.29) is 12.2 Å². The highest BCUT2D eigenvalue weighted by Crippen LogP contribution is 2.23. The van der Waals surface area contributed by atoms with Gasteiger partial charge in [0.15, 0.2) is 5.76 Å². The topological polar surface area (TPSA) is 79.5 Å². The molecule has 0 radical (unpaired) electrons. The molecule has 0 aliphatic rings. The second-order valence-corrected chi connectivity index (χ2v) is 8.70. The fraction of sp³-hybridized carbons (Fsp3) is 0.133. The van der Waals surface area contributed by atoms with Crippen molar-refractivity contribution in [1.29, 1.82) is 0 Å². The Morgan fingerprint density at radius 3 is 2.22 bits per heavy atom. The number of carboxylic acid groups (broad SMARTS) is 1. The van der Waals surface area contributed by atoms with E-state index in [4.69, 9.17) is 4.42 Å². The Morgan fingerprint density at radius 2 is 1.58 bits per heavy atom. The Balaban J connectivity index is 1.43. The molecule has 1 amide bonds. The van der Waals surface area contributed by atoms with E-state index < -0.39 is 23.7 Å². The molecule has 0 spiro atoms. The van der Waals surface area contributed by atoms with Crippen LogP contribution in [0.15, 0.2) is 83.3 Å². The van der Waals surface area contributed by atoms with E-state index in [1.165, 1.54) is 12.1 Å². The van der Waals surface area contributed by atoms with E-state index in [0.717, 1.165) is 22.3 Å². The van der Waals surface area contributed by atoms with Crippen molar-refractivity contribution in [3.63, 3.8) is 0 Å². The number of halogens is 1. The zero-order valence-corrected chi connectivity index (χ0v) is 20.0. The van der Waals surface area contributed by atoms with E-state index in [1.807, 2.05) is 68.5 Å². The van der Waals surface area contributed by atoms with Crippen molar-refractivity contribution in [2.24, 2.45) is 0 Å². The molecule has 2 N–H and O–H groups in total. The summed E-state index contributed by atoms with van der Waals surface area (Å²) in [6, 6.07) is 21.9. The lowest BCUT2D eigenvalue weighted by Gasteiger charge is -2.14. The Labute approximate surface area is 208 Å². The Morgan fingerprint density at radius 1 is 0.917 bits per heavy atom. The highest BCUT2D eigenvalue weighted by atomic mass is 19.1. The highest BCUT2D eigenvalue weighted by molar-refractivity contribution is 5.94. The summed E-state index contributed by atoms with van der Waals surface area (Å²) in [4.78, 5) is 24.5. The first-order chi connectivity index (χ1) is 17.3. The first kappa shape index (κ1) is 24.7. The van der Waals surface area contributed by atoms with Crippen LogP contribution in [0.25, 0.3) is 23.5 Å². The van der Waals surface area contributed by atoms with Gasteiger partial charge in [0.05, 0.1) is 0 Å². The molecule has 36 heavy (non-hydrogen) atoms. The summed E-state index contributed by atoms with van der Waals surface area (Å²) in [6.45, 7) is 3.97. The molecule has 1 aromatic heterocycles. The summed E-state index contributed by atoms with van der Waals surface area (Å²) in [7, 11) is 0. The van der Waals surface area contributed by atoms with Gasteiger partial charge < -0.3 is 14.8 Å². The minimum atomic E-state index is -1.25. The van der Waals surface area contributed by atoms with Gasteiger partial charge in [0.1, 0.15) is 17.6 Å². The molecule has 3 aromatic carbocycles. The lowest BCUT2D eigenvalue weighted by molar-refractivity contribution is -0.139. The van der Waals surface area contributed by atoms with Gasteiger partial charge in [-0.15, -0.1) is 0 Å². The number of furan rings is 1. The number of aliphatic carboxylic acids is 1. The van der Waals surface area contributed by atoms with Gasteiger partial charge in [0.2, 0.25) is 0 Å². The van der Waals surface area contributed by atoms with Gasteiger partial charge in [0.25, 0.3) is 5.91 Å². The number of aryl methyl sites for hydroxylation is 2. The van der Waals surface area contributed by atoms with Crippen molar-refractivity contribution in [2.75, 3.05) is 0 Å². The van der Waals surface area contributed by atoms with Crippen molar-refractivity contribution in [3.05, 3.63) is 118 Å². The van der Waals surface area contributed by atoms with Gasteiger partial charge in [-0.05, 0) is 43.2 Å². The van der Waals surface area contributed by atoms with Crippen LogP contribution in [0, 0.1) is 19.7 Å². The predicted octanol–water partition coefficient (Wildman–Crippen LogP) is 6.30. The van der Waals surface area contributed by atoms with E-state index in [2.05, 4.69) is 5.32 Å². The van der Waals surface area contributed by atoms with Crippen LogP contribution in [0.5, 0.6) is 0 Å². The molecule has 1 unspecified atom stereocenters. The maximum atomic E-state index is 14.7. The second kappa shape index (κ2) is 10.9. The van der Waals surface area contributed by atoms with Gasteiger partial charge in [-0.1, -0.05) is 83.9 Å². The minimum absolute atomic E-state index is 0.000374. The molecule has 5 nitrogen and oxygen atoms in total. The van der Waals surface area contributed by atoms with Crippen LogP contribution >= 0.6 is 0 Å². The molecule has 0 fully saturated rings. The Hall–Kier alpha value is -4.45. The minimum Gasteiger partial charge on any atom is -0.480 e. The standard InChI is InChI=1S/C30H26FNO4/c1-19-3-7-21(8-4-19)9-13-23-14-10-22(17-25(23)31)18-26(30(34)35)32-29(33)28-16-15-27(36-28)24-11-5-20(2)6-12-24/h3-17,26H,18H2,1-2H3,(H,32,33)(H,34,35)/b13-9+. The molecule has 0 saturated heterocycles. The van der Waals surface area contributed by atoms with Crippen LogP contribution in [-0.2, 0) is 11.2 Å². The van der Waals surface area contributed by atoms with E-state index in [0.29, 0.717) is 16.9 Å². The quantitative estimate of drug-likeness (QED) is 0.288. The Kier molecular flexibility index (Phi) is 7.44. The molecule has 0 aliphatic carbocycles. The van der Waals surface area contributed by atoms with Crippen LogP contribution < -0.4 is 5.32 Å². The molecule has 0 bridgehead atoms. The van der Waals surface area contributed by atoms with Crippen LogP contribution in [0.2, 0.25) is 0 Å². The van der Waals surface area contributed by atoms with E-state index in [1.54, 1.807) is 24.3 Å². The second-order valence-electron chi connectivity index (χ2n) is 8.70. The van der Waals surface area contributed by atoms with Crippen LogP contribution in [0.3, 0.4) is 0 Å². The lowest BCUT2D eigenvalue weighted by atomic mass is 10.0. The molecule has 6 heteroatoms. The number of carbonyl (C=O) groups is 2. The normalized spacial score (nSPS) is 12.0. The zero-order valence-electron chi connectivity index (χ0n) is 20.0. The van der Waals surface area contributed by atoms with Gasteiger partial charge in [-0.25, -0.2) is 9.18 Å². The fourth-order valence-electron chi connectivity index (χ4n) is 3.69. The van der Waals surface area contributed by atoms with Gasteiger partial charge >= 0.3 is 5.97 Å². The summed E-state index contributed by atoms with van der Waals surface area (Å²) in [5, 5.41) is 12.1. The first-order valence-electron chi connectivity index (χ1n) is 11.5. The molecule has 1 heterocycles. The molecular formula is C30H26FNO4. The van der Waals surface area contributed by atoms with Crippen molar-refractivity contribution in [1.82, 2.24) is 5.32 Å². The smallest absolute Gasteiger partial charge is 0.326 e. The third-order valence-electron chi connectivity index (χ3n) is 5.81. The number of carboxylic acids is 1. The number of rotatable bonds is 8. The van der Waals surface area contributed by atoms with Crippen molar-refractivity contribution >= 4 is 24.0 Å². The molecule has 4 rings (SSSR count). The fourth-order valence-corrected chi connectivity index (χ4v) is 3.69. The van der Waals surface area contributed by atoms with E-state index >= 15 is 0 Å². The third kappa shape index (κ3) is 6.16. The van der Waals surface area contributed by atoms with Crippen molar-refractivity contribution in [3.8, 4) is 11.3 Å². The number of carbonyl (C=O) groups excluding carboxylic acids is 1.